The third-order valence-corrected chi connectivity index (χ3v) is 2.63. The average molecular weight is 226 g/mol. The summed E-state index contributed by atoms with van der Waals surface area (Å²) in [5, 5.41) is 21.2. The number of hydrogen-bond acceptors (Lipinski definition) is 5. The Hall–Kier alpha value is -1.56. The zero-order chi connectivity index (χ0) is 11.4. The largest absolute Gasteiger partial charge is 0.545 e. The number of carbonyl (C=O) groups excluding carboxylic acids is 1. The fraction of sp³-hybridized carbons (Fsp3) is 0.222. The van der Waals surface area contributed by atoms with E-state index in [0.717, 1.165) is 6.07 Å². The number of rotatable bonds is 4. The number of benzene rings is 1. The highest BCUT2D eigenvalue weighted by Crippen LogP contribution is 2.26. The molecular formula is C9H8NO4S-. The van der Waals surface area contributed by atoms with Crippen LogP contribution in [0.3, 0.4) is 0 Å². The summed E-state index contributed by atoms with van der Waals surface area (Å²) in [4.78, 5) is 21.0. The van der Waals surface area contributed by atoms with Crippen LogP contribution in [-0.4, -0.2) is 16.6 Å². The van der Waals surface area contributed by atoms with Gasteiger partial charge in [0.05, 0.1) is 10.9 Å². The lowest BCUT2D eigenvalue weighted by Crippen LogP contribution is -2.23. The Labute approximate surface area is 90.3 Å². The molecule has 0 saturated heterocycles. The minimum atomic E-state index is -1.32. The van der Waals surface area contributed by atoms with Crippen LogP contribution >= 0.6 is 11.8 Å². The summed E-state index contributed by atoms with van der Waals surface area (Å²) in [6.07, 6.45) is 0. The molecule has 1 aromatic carbocycles. The molecule has 0 aliphatic heterocycles. The zero-order valence-electron chi connectivity index (χ0n) is 7.93. The highest BCUT2D eigenvalue weighted by molar-refractivity contribution is 7.99. The predicted octanol–water partition coefficient (Wildman–Crippen LogP) is 1.07. The maximum absolute atomic E-state index is 10.7. The van der Waals surface area contributed by atoms with E-state index in [2.05, 4.69) is 0 Å². The van der Waals surface area contributed by atoms with Crippen LogP contribution in [0.2, 0.25) is 0 Å². The van der Waals surface area contributed by atoms with E-state index in [1.807, 2.05) is 6.92 Å². The molecule has 15 heavy (non-hydrogen) atoms. The Morgan fingerprint density at radius 3 is 2.67 bits per heavy atom. The van der Waals surface area contributed by atoms with Gasteiger partial charge in [0.15, 0.2) is 0 Å². The van der Waals surface area contributed by atoms with Crippen molar-refractivity contribution in [1.29, 1.82) is 0 Å². The molecule has 0 bridgehead atoms. The van der Waals surface area contributed by atoms with Gasteiger partial charge in [0.25, 0.3) is 5.69 Å². The maximum Gasteiger partial charge on any atom is 0.270 e. The molecule has 0 N–H and O–H groups in total. The molecule has 5 nitrogen and oxygen atoms in total. The fourth-order valence-corrected chi connectivity index (χ4v) is 1.89. The van der Waals surface area contributed by atoms with Crippen LogP contribution in [0.25, 0.3) is 0 Å². The van der Waals surface area contributed by atoms with Crippen molar-refractivity contribution in [2.75, 3.05) is 5.75 Å². The summed E-state index contributed by atoms with van der Waals surface area (Å²) in [6.45, 7) is 1.84. The zero-order valence-corrected chi connectivity index (χ0v) is 8.74. The summed E-state index contributed by atoms with van der Waals surface area (Å²) in [5.41, 5.74) is -0.122. The number of carboxylic acids is 1. The fourth-order valence-electron chi connectivity index (χ4n) is 1.07. The summed E-state index contributed by atoms with van der Waals surface area (Å²) >= 11 is 1.24. The van der Waals surface area contributed by atoms with E-state index >= 15 is 0 Å². The SMILES string of the molecule is CCSc1cc([N+](=O)[O-])ccc1C(=O)[O-]. The van der Waals surface area contributed by atoms with Gasteiger partial charge in [0.2, 0.25) is 0 Å². The van der Waals surface area contributed by atoms with Crippen molar-refractivity contribution in [3.05, 3.63) is 33.9 Å². The topological polar surface area (TPSA) is 83.3 Å². The van der Waals surface area contributed by atoms with Crippen LogP contribution in [0, 0.1) is 10.1 Å². The van der Waals surface area contributed by atoms with Crippen molar-refractivity contribution in [1.82, 2.24) is 0 Å². The quantitative estimate of drug-likeness (QED) is 0.435. The van der Waals surface area contributed by atoms with Crippen molar-refractivity contribution in [2.24, 2.45) is 0 Å². The number of nitro groups is 1. The number of hydrogen-bond donors (Lipinski definition) is 0. The standard InChI is InChI=1S/C9H9NO4S/c1-2-15-8-5-6(10(13)14)3-4-7(8)9(11)12/h3-5H,2H2,1H3,(H,11,12)/p-1. The van der Waals surface area contributed by atoms with Gasteiger partial charge in [-0.25, -0.2) is 0 Å². The van der Waals surface area contributed by atoms with Crippen molar-refractivity contribution >= 4 is 23.4 Å². The molecular weight excluding hydrogens is 218 g/mol. The lowest BCUT2D eigenvalue weighted by Gasteiger charge is -2.08. The monoisotopic (exact) mass is 226 g/mol. The van der Waals surface area contributed by atoms with E-state index in [0.29, 0.717) is 10.6 Å². The molecule has 0 atom stereocenters. The van der Waals surface area contributed by atoms with Crippen LogP contribution in [0.1, 0.15) is 17.3 Å². The van der Waals surface area contributed by atoms with E-state index in [1.54, 1.807) is 0 Å². The Morgan fingerprint density at radius 1 is 1.53 bits per heavy atom. The maximum atomic E-state index is 10.7. The van der Waals surface area contributed by atoms with Gasteiger partial charge in [-0.1, -0.05) is 6.92 Å². The smallest absolute Gasteiger partial charge is 0.270 e. The lowest BCUT2D eigenvalue weighted by molar-refractivity contribution is -0.385. The molecule has 6 heteroatoms. The number of nitro benzene ring substituents is 1. The highest BCUT2D eigenvalue weighted by atomic mass is 32.2. The van der Waals surface area contributed by atoms with Gasteiger partial charge < -0.3 is 9.90 Å². The summed E-state index contributed by atoms with van der Waals surface area (Å²) in [7, 11) is 0. The molecule has 0 aliphatic rings. The Kier molecular flexibility index (Phi) is 3.68. The van der Waals surface area contributed by atoms with E-state index < -0.39 is 10.9 Å². The predicted molar refractivity (Wildman–Crippen MR) is 53.8 cm³/mol. The van der Waals surface area contributed by atoms with E-state index in [1.165, 1.54) is 23.9 Å². The van der Waals surface area contributed by atoms with Gasteiger partial charge >= 0.3 is 0 Å². The van der Waals surface area contributed by atoms with E-state index in [4.69, 9.17) is 0 Å². The van der Waals surface area contributed by atoms with Gasteiger partial charge in [0.1, 0.15) is 0 Å². The van der Waals surface area contributed by atoms with Gasteiger partial charge in [-0.3, -0.25) is 10.1 Å². The third-order valence-electron chi connectivity index (χ3n) is 1.70. The first-order chi connectivity index (χ1) is 7.06. The Morgan fingerprint density at radius 2 is 2.20 bits per heavy atom. The molecule has 0 spiro atoms. The molecule has 0 heterocycles. The van der Waals surface area contributed by atoms with Crippen molar-refractivity contribution in [2.45, 2.75) is 11.8 Å². The molecule has 0 saturated carbocycles. The first kappa shape index (κ1) is 11.5. The Balaban J connectivity index is 3.20. The van der Waals surface area contributed by atoms with Gasteiger partial charge in [-0.2, -0.15) is 0 Å². The number of carbonyl (C=O) groups is 1. The van der Waals surface area contributed by atoms with Gasteiger partial charge in [0, 0.05) is 22.6 Å². The second kappa shape index (κ2) is 4.79. The number of non-ortho nitro benzene ring substituents is 1. The van der Waals surface area contributed by atoms with E-state index in [9.17, 15) is 20.0 Å². The van der Waals surface area contributed by atoms with Gasteiger partial charge in [-0.05, 0) is 11.8 Å². The number of aromatic carboxylic acids is 1. The molecule has 0 radical (unpaired) electrons. The minimum absolute atomic E-state index is 0.00699. The normalized spacial score (nSPS) is 9.93. The Bertz CT molecular complexity index is 405. The van der Waals surface area contributed by atoms with Crippen molar-refractivity contribution in [3.63, 3.8) is 0 Å². The van der Waals surface area contributed by atoms with Crippen molar-refractivity contribution in [3.8, 4) is 0 Å². The average Bonchev–Trinajstić information content (AvgIpc) is 2.17. The van der Waals surface area contributed by atoms with Crippen LogP contribution in [0.4, 0.5) is 5.69 Å². The number of thioether (sulfide) groups is 1. The summed E-state index contributed by atoms with van der Waals surface area (Å²) in [6, 6.07) is 3.61. The molecule has 0 unspecified atom stereocenters. The molecule has 0 aliphatic carbocycles. The molecule has 0 aromatic heterocycles. The summed E-state index contributed by atoms with van der Waals surface area (Å²) in [5.74, 6) is -0.678. The highest BCUT2D eigenvalue weighted by Gasteiger charge is 2.11. The molecule has 0 amide bonds. The molecule has 0 fully saturated rings. The van der Waals surface area contributed by atoms with Crippen molar-refractivity contribution < 1.29 is 14.8 Å². The number of carboxylic acid groups (broad SMARTS) is 1. The van der Waals surface area contributed by atoms with Crippen LogP contribution in [0.15, 0.2) is 23.1 Å². The lowest BCUT2D eigenvalue weighted by atomic mass is 10.2. The van der Waals surface area contributed by atoms with E-state index in [-0.39, 0.29) is 11.3 Å². The molecule has 80 valence electrons. The second-order valence-electron chi connectivity index (χ2n) is 2.66. The minimum Gasteiger partial charge on any atom is -0.545 e. The number of nitrogens with zero attached hydrogens (tertiary/aromatic N) is 1. The third kappa shape index (κ3) is 2.69. The van der Waals surface area contributed by atoms with Crippen LogP contribution in [0.5, 0.6) is 0 Å². The summed E-state index contributed by atoms with van der Waals surface area (Å²) < 4.78 is 0. The second-order valence-corrected chi connectivity index (χ2v) is 3.96. The van der Waals surface area contributed by atoms with Crippen LogP contribution < -0.4 is 5.11 Å². The molecule has 1 aromatic rings. The van der Waals surface area contributed by atoms with Gasteiger partial charge in [-0.15, -0.1) is 11.8 Å². The first-order valence-corrected chi connectivity index (χ1v) is 5.17. The molecule has 1 rings (SSSR count). The van der Waals surface area contributed by atoms with Crippen LogP contribution in [-0.2, 0) is 0 Å². The first-order valence-electron chi connectivity index (χ1n) is 4.18.